The number of nitrogens with one attached hydrogen (secondary N) is 1. The van der Waals surface area contributed by atoms with Crippen molar-refractivity contribution in [1.82, 2.24) is 10.2 Å². The molecule has 8 heteroatoms. The highest BCUT2D eigenvalue weighted by Crippen LogP contribution is 2.24. The Balaban J connectivity index is 2.85. The number of benzene rings is 1. The first-order valence-corrected chi connectivity index (χ1v) is 9.53. The lowest BCUT2D eigenvalue weighted by atomic mass is 10.2. The Labute approximate surface area is 143 Å². The maximum atomic E-state index is 12.3. The van der Waals surface area contributed by atoms with Gasteiger partial charge < -0.3 is 10.2 Å². The predicted octanol–water partition coefficient (Wildman–Crippen LogP) is 1.56. The number of hydrogen-bond donors (Lipinski definition) is 1. The van der Waals surface area contributed by atoms with E-state index < -0.39 is 16.1 Å². The topological polar surface area (TPSA) is 69.7 Å². The second-order valence-electron chi connectivity index (χ2n) is 5.66. The Morgan fingerprint density at radius 1 is 1.35 bits per heavy atom. The van der Waals surface area contributed by atoms with Crippen LogP contribution in [0.2, 0.25) is 5.02 Å². The molecule has 0 aliphatic rings. The summed E-state index contributed by atoms with van der Waals surface area (Å²) in [6, 6.07) is 5.58. The van der Waals surface area contributed by atoms with Gasteiger partial charge in [0.1, 0.15) is 6.04 Å². The van der Waals surface area contributed by atoms with Gasteiger partial charge in [-0.3, -0.25) is 9.10 Å². The van der Waals surface area contributed by atoms with Crippen molar-refractivity contribution in [2.24, 2.45) is 0 Å². The largest absolute Gasteiger partial charge is 0.354 e. The lowest BCUT2D eigenvalue weighted by Crippen LogP contribution is -2.48. The van der Waals surface area contributed by atoms with Crippen LogP contribution in [0.5, 0.6) is 0 Å². The van der Waals surface area contributed by atoms with Crippen LogP contribution in [0.3, 0.4) is 0 Å². The molecule has 0 aromatic heterocycles. The van der Waals surface area contributed by atoms with Crippen LogP contribution in [0, 0.1) is 0 Å². The molecule has 130 valence electrons. The number of carbonyl (C=O) groups is 1. The third kappa shape index (κ3) is 6.37. The van der Waals surface area contributed by atoms with E-state index in [0.29, 0.717) is 17.3 Å². The van der Waals surface area contributed by atoms with E-state index in [-0.39, 0.29) is 5.91 Å². The molecule has 0 saturated heterocycles. The molecule has 0 aliphatic heterocycles. The minimum absolute atomic E-state index is 0.339. The van der Waals surface area contributed by atoms with Crippen LogP contribution in [-0.4, -0.2) is 58.7 Å². The van der Waals surface area contributed by atoms with Gasteiger partial charge in [0.25, 0.3) is 0 Å². The molecule has 1 N–H and O–H groups in total. The molecule has 0 aliphatic carbocycles. The fraction of sp³-hybridized carbons (Fsp3) is 0.533. The molecule has 0 heterocycles. The number of sulfonamides is 1. The molecule has 1 atom stereocenters. The maximum Gasteiger partial charge on any atom is 0.243 e. The summed E-state index contributed by atoms with van der Waals surface area (Å²) in [5.41, 5.74) is 0.371. The number of nitrogens with zero attached hydrogens (tertiary/aromatic N) is 2. The standard InChI is InChI=1S/C15H24ClN3O3S/c1-12(15(20)17-9-6-10-18(2)3)19(23(4,21)22)14-8-5-7-13(16)11-14/h5,7-8,11-12H,6,9-10H2,1-4H3,(H,17,20)/t12-/m0/s1. The van der Waals surface area contributed by atoms with E-state index in [4.69, 9.17) is 11.6 Å². The summed E-state index contributed by atoms with van der Waals surface area (Å²) in [6.07, 6.45) is 1.87. The zero-order valence-electron chi connectivity index (χ0n) is 13.9. The quantitative estimate of drug-likeness (QED) is 0.713. The van der Waals surface area contributed by atoms with Gasteiger partial charge >= 0.3 is 0 Å². The van der Waals surface area contributed by atoms with Crippen LogP contribution in [0.4, 0.5) is 5.69 Å². The minimum atomic E-state index is -3.62. The third-order valence-electron chi connectivity index (χ3n) is 3.23. The van der Waals surface area contributed by atoms with Crippen molar-refractivity contribution in [2.75, 3.05) is 37.7 Å². The fourth-order valence-electron chi connectivity index (χ4n) is 2.18. The number of halogens is 1. The van der Waals surface area contributed by atoms with E-state index in [1.807, 2.05) is 19.0 Å². The summed E-state index contributed by atoms with van der Waals surface area (Å²) < 4.78 is 25.3. The van der Waals surface area contributed by atoms with Crippen molar-refractivity contribution in [2.45, 2.75) is 19.4 Å². The highest BCUT2D eigenvalue weighted by atomic mass is 35.5. The van der Waals surface area contributed by atoms with E-state index >= 15 is 0 Å². The number of carbonyl (C=O) groups excluding carboxylic acids is 1. The van der Waals surface area contributed by atoms with Gasteiger partial charge in [-0.1, -0.05) is 17.7 Å². The summed E-state index contributed by atoms with van der Waals surface area (Å²) in [4.78, 5) is 14.3. The maximum absolute atomic E-state index is 12.3. The summed E-state index contributed by atoms with van der Waals surface area (Å²) in [5.74, 6) is -0.339. The molecule has 0 fully saturated rings. The van der Waals surface area contributed by atoms with Gasteiger partial charge in [-0.05, 0) is 52.2 Å². The first-order chi connectivity index (χ1) is 10.6. The summed E-state index contributed by atoms with van der Waals surface area (Å²) >= 11 is 5.93. The van der Waals surface area contributed by atoms with Crippen molar-refractivity contribution in [1.29, 1.82) is 0 Å². The van der Waals surface area contributed by atoms with Crippen LogP contribution in [-0.2, 0) is 14.8 Å². The first-order valence-electron chi connectivity index (χ1n) is 7.30. The van der Waals surface area contributed by atoms with Crippen molar-refractivity contribution in [3.63, 3.8) is 0 Å². The Kier molecular flexibility index (Phi) is 7.31. The van der Waals surface area contributed by atoms with Gasteiger partial charge in [-0.25, -0.2) is 8.42 Å². The minimum Gasteiger partial charge on any atom is -0.354 e. The summed E-state index contributed by atoms with van der Waals surface area (Å²) in [5, 5.41) is 3.18. The van der Waals surface area contributed by atoms with Crippen molar-refractivity contribution >= 4 is 33.2 Å². The number of anilines is 1. The van der Waals surface area contributed by atoms with Gasteiger partial charge in [-0.2, -0.15) is 0 Å². The molecule has 0 spiro atoms. The van der Waals surface area contributed by atoms with Gasteiger partial charge in [-0.15, -0.1) is 0 Å². The number of amides is 1. The molecule has 0 radical (unpaired) electrons. The molecule has 0 saturated carbocycles. The molecule has 23 heavy (non-hydrogen) atoms. The average molecular weight is 362 g/mol. The predicted molar refractivity (Wildman–Crippen MR) is 94.4 cm³/mol. The second kappa shape index (κ2) is 8.52. The molecular weight excluding hydrogens is 338 g/mol. The molecule has 1 aromatic rings. The van der Waals surface area contributed by atoms with Crippen LogP contribution in [0.15, 0.2) is 24.3 Å². The Morgan fingerprint density at radius 3 is 2.52 bits per heavy atom. The highest BCUT2D eigenvalue weighted by Gasteiger charge is 2.28. The molecule has 1 amide bonds. The molecule has 1 rings (SSSR count). The van der Waals surface area contributed by atoms with Crippen LogP contribution >= 0.6 is 11.6 Å². The van der Waals surface area contributed by atoms with Gasteiger partial charge in [0, 0.05) is 11.6 Å². The van der Waals surface area contributed by atoms with Gasteiger partial charge in [0.15, 0.2) is 0 Å². The normalized spacial score (nSPS) is 13.0. The lowest BCUT2D eigenvalue weighted by Gasteiger charge is -2.28. The zero-order valence-corrected chi connectivity index (χ0v) is 15.5. The van der Waals surface area contributed by atoms with Crippen molar-refractivity contribution in [3.8, 4) is 0 Å². The van der Waals surface area contributed by atoms with Crippen LogP contribution in [0.1, 0.15) is 13.3 Å². The second-order valence-corrected chi connectivity index (χ2v) is 7.96. The van der Waals surface area contributed by atoms with Gasteiger partial charge in [0.05, 0.1) is 11.9 Å². The average Bonchev–Trinajstić information content (AvgIpc) is 2.41. The lowest BCUT2D eigenvalue weighted by molar-refractivity contribution is -0.121. The highest BCUT2D eigenvalue weighted by molar-refractivity contribution is 7.92. The van der Waals surface area contributed by atoms with E-state index in [0.717, 1.165) is 23.5 Å². The monoisotopic (exact) mass is 361 g/mol. The SMILES string of the molecule is C[C@@H](C(=O)NCCCN(C)C)N(c1cccc(Cl)c1)S(C)(=O)=O. The van der Waals surface area contributed by atoms with E-state index in [9.17, 15) is 13.2 Å². The van der Waals surface area contributed by atoms with Gasteiger partial charge in [0.2, 0.25) is 15.9 Å². The fourth-order valence-corrected chi connectivity index (χ4v) is 3.53. The van der Waals surface area contributed by atoms with E-state index in [2.05, 4.69) is 5.32 Å². The molecular formula is C15H24ClN3O3S. The molecule has 6 nitrogen and oxygen atoms in total. The smallest absolute Gasteiger partial charge is 0.243 e. The molecule has 0 bridgehead atoms. The first kappa shape index (κ1) is 19.7. The zero-order chi connectivity index (χ0) is 17.6. The summed E-state index contributed by atoms with van der Waals surface area (Å²) in [6.45, 7) is 2.90. The molecule has 1 aromatic carbocycles. The molecule has 0 unspecified atom stereocenters. The van der Waals surface area contributed by atoms with Crippen LogP contribution in [0.25, 0.3) is 0 Å². The van der Waals surface area contributed by atoms with Crippen molar-refractivity contribution < 1.29 is 13.2 Å². The Morgan fingerprint density at radius 2 is 2.00 bits per heavy atom. The third-order valence-corrected chi connectivity index (χ3v) is 4.71. The summed E-state index contributed by atoms with van der Waals surface area (Å²) in [7, 11) is 0.289. The number of hydrogen-bond acceptors (Lipinski definition) is 4. The Hall–Kier alpha value is -1.31. The van der Waals surface area contributed by atoms with Crippen LogP contribution < -0.4 is 9.62 Å². The number of rotatable bonds is 8. The van der Waals surface area contributed by atoms with Crippen molar-refractivity contribution in [3.05, 3.63) is 29.3 Å². The van der Waals surface area contributed by atoms with E-state index in [1.165, 1.54) is 6.07 Å². The Bertz CT molecular complexity index is 635. The van der Waals surface area contributed by atoms with E-state index in [1.54, 1.807) is 25.1 Å².